The summed E-state index contributed by atoms with van der Waals surface area (Å²) in [5.41, 5.74) is 0. The zero-order chi connectivity index (χ0) is 21.3. The van der Waals surface area contributed by atoms with E-state index < -0.39 is 0 Å². The summed E-state index contributed by atoms with van der Waals surface area (Å²) in [6, 6.07) is 0. The summed E-state index contributed by atoms with van der Waals surface area (Å²) in [5, 5.41) is 0. The van der Waals surface area contributed by atoms with Crippen LogP contribution < -0.4 is 0 Å². The molecule has 1 heteroatoms. The Morgan fingerprint density at radius 3 is 0.828 bits per heavy atom. The quantitative estimate of drug-likeness (QED) is 0.136. The van der Waals surface area contributed by atoms with Gasteiger partial charge < -0.3 is 4.90 Å². The molecule has 0 aromatic rings. The van der Waals surface area contributed by atoms with Crippen molar-refractivity contribution in [3.63, 3.8) is 0 Å². The third kappa shape index (κ3) is 24.1. The third-order valence-corrected chi connectivity index (χ3v) is 6.45. The van der Waals surface area contributed by atoms with E-state index in [0.717, 1.165) is 0 Å². The van der Waals surface area contributed by atoms with Crippen LogP contribution >= 0.6 is 0 Å². The van der Waals surface area contributed by atoms with Crippen molar-refractivity contribution in [3.8, 4) is 0 Å². The average molecular weight is 410 g/mol. The van der Waals surface area contributed by atoms with Crippen molar-refractivity contribution < 1.29 is 0 Å². The van der Waals surface area contributed by atoms with Crippen LogP contribution in [0.25, 0.3) is 0 Å². The Bertz CT molecular complexity index is 275. The smallest absolute Gasteiger partial charge is 0.00187 e. The Morgan fingerprint density at radius 1 is 0.276 bits per heavy atom. The first-order valence-electron chi connectivity index (χ1n) is 14.1. The van der Waals surface area contributed by atoms with Crippen LogP contribution in [0.3, 0.4) is 0 Å². The lowest BCUT2D eigenvalue weighted by Gasteiger charge is -2.21. The summed E-state index contributed by atoms with van der Waals surface area (Å²) in [6.07, 6.45) is 31.8. The van der Waals surface area contributed by atoms with Gasteiger partial charge in [0.15, 0.2) is 0 Å². The van der Waals surface area contributed by atoms with Crippen molar-refractivity contribution >= 4 is 0 Å². The summed E-state index contributed by atoms with van der Waals surface area (Å²) in [6.45, 7) is 11.0. The molecule has 0 unspecified atom stereocenters. The van der Waals surface area contributed by atoms with E-state index in [2.05, 4.69) is 25.7 Å². The molecule has 0 amide bonds. The van der Waals surface area contributed by atoms with Gasteiger partial charge in [-0.2, -0.15) is 0 Å². The molecule has 0 bridgehead atoms. The number of rotatable bonds is 25. The van der Waals surface area contributed by atoms with E-state index in [1.165, 1.54) is 161 Å². The lowest BCUT2D eigenvalue weighted by molar-refractivity contribution is 0.260. The molecule has 0 saturated carbocycles. The van der Waals surface area contributed by atoms with Crippen molar-refractivity contribution in [2.45, 2.75) is 162 Å². The summed E-state index contributed by atoms with van der Waals surface area (Å²) < 4.78 is 0. The van der Waals surface area contributed by atoms with Gasteiger partial charge in [-0.15, -0.1) is 0 Å². The number of nitrogens with zero attached hydrogens (tertiary/aromatic N) is 1. The van der Waals surface area contributed by atoms with Crippen molar-refractivity contribution in [1.29, 1.82) is 0 Å². The maximum absolute atomic E-state index is 2.75. The van der Waals surface area contributed by atoms with E-state index in [0.29, 0.717) is 0 Å². The van der Waals surface area contributed by atoms with Crippen LogP contribution in [0, 0.1) is 0 Å². The second-order valence-corrected chi connectivity index (χ2v) is 9.56. The minimum atomic E-state index is 1.31. The first-order valence-corrected chi connectivity index (χ1v) is 14.1. The number of hydrogen-bond acceptors (Lipinski definition) is 1. The average Bonchev–Trinajstić information content (AvgIpc) is 2.73. The highest BCUT2D eigenvalue weighted by molar-refractivity contribution is 4.59. The van der Waals surface area contributed by atoms with Crippen molar-refractivity contribution in [2.24, 2.45) is 0 Å². The maximum Gasteiger partial charge on any atom is -0.00187 e. The van der Waals surface area contributed by atoms with E-state index in [4.69, 9.17) is 0 Å². The molecule has 0 aliphatic rings. The van der Waals surface area contributed by atoms with Gasteiger partial charge in [0, 0.05) is 0 Å². The lowest BCUT2D eigenvalue weighted by atomic mass is 10.1. The van der Waals surface area contributed by atoms with Crippen LogP contribution in [0.1, 0.15) is 162 Å². The van der Waals surface area contributed by atoms with Gasteiger partial charge in [-0.05, 0) is 38.9 Å². The first kappa shape index (κ1) is 29.0. The highest BCUT2D eigenvalue weighted by Crippen LogP contribution is 2.13. The molecule has 0 aromatic heterocycles. The number of unbranched alkanes of at least 4 members (excludes halogenated alkanes) is 19. The molecule has 0 radical (unpaired) electrons. The molecule has 0 spiro atoms. The van der Waals surface area contributed by atoms with Gasteiger partial charge in [-0.3, -0.25) is 0 Å². The summed E-state index contributed by atoms with van der Waals surface area (Å²) in [4.78, 5) is 2.75. The Hall–Kier alpha value is -0.0400. The highest BCUT2D eigenvalue weighted by Gasteiger charge is 2.03. The first-order chi connectivity index (χ1) is 14.3. The Labute approximate surface area is 186 Å². The molecule has 0 atom stereocenters. The van der Waals surface area contributed by atoms with E-state index in [1.807, 2.05) is 0 Å². The van der Waals surface area contributed by atoms with Gasteiger partial charge >= 0.3 is 0 Å². The van der Waals surface area contributed by atoms with Crippen LogP contribution in [0.4, 0.5) is 0 Å². The minimum absolute atomic E-state index is 1.31. The second-order valence-electron chi connectivity index (χ2n) is 9.56. The molecule has 0 aromatic carbocycles. The summed E-state index contributed by atoms with van der Waals surface area (Å²) in [5.74, 6) is 0. The molecule has 0 rings (SSSR count). The molecule has 0 heterocycles. The maximum atomic E-state index is 2.75. The molecule has 0 N–H and O–H groups in total. The molecule has 29 heavy (non-hydrogen) atoms. The van der Waals surface area contributed by atoms with Crippen LogP contribution in [-0.2, 0) is 0 Å². The van der Waals surface area contributed by atoms with Crippen LogP contribution in [0.15, 0.2) is 0 Å². The Balaban J connectivity index is 3.40. The van der Waals surface area contributed by atoms with Gasteiger partial charge in [-0.1, -0.05) is 143 Å². The van der Waals surface area contributed by atoms with Crippen LogP contribution in [0.5, 0.6) is 0 Å². The zero-order valence-corrected chi connectivity index (χ0v) is 21.1. The highest BCUT2D eigenvalue weighted by atomic mass is 15.1. The second kappa shape index (κ2) is 26.0. The zero-order valence-electron chi connectivity index (χ0n) is 21.1. The standard InChI is InChI=1S/C28H59N/c1-4-7-9-11-13-15-17-19-21-23-25-28-29(26-6-3)27-24-22-20-18-16-14-12-10-8-5-2/h4-28H2,1-3H3. The van der Waals surface area contributed by atoms with Crippen molar-refractivity contribution in [2.75, 3.05) is 19.6 Å². The fraction of sp³-hybridized carbons (Fsp3) is 1.00. The van der Waals surface area contributed by atoms with Crippen LogP contribution in [-0.4, -0.2) is 24.5 Å². The summed E-state index contributed by atoms with van der Waals surface area (Å²) >= 11 is 0. The molecule has 0 fully saturated rings. The SMILES string of the molecule is CCCCCCCCCCCCCN(CCC)CCCCCCCCCCCC. The molecule has 176 valence electrons. The molecule has 1 nitrogen and oxygen atoms in total. The van der Waals surface area contributed by atoms with Gasteiger partial charge in [0.1, 0.15) is 0 Å². The fourth-order valence-electron chi connectivity index (χ4n) is 4.47. The van der Waals surface area contributed by atoms with E-state index in [9.17, 15) is 0 Å². The topological polar surface area (TPSA) is 3.24 Å². The van der Waals surface area contributed by atoms with Crippen molar-refractivity contribution in [3.05, 3.63) is 0 Å². The molecular formula is C28H59N. The van der Waals surface area contributed by atoms with Gasteiger partial charge in [0.25, 0.3) is 0 Å². The Kier molecular flexibility index (Phi) is 26.0. The lowest BCUT2D eigenvalue weighted by Crippen LogP contribution is -2.27. The minimum Gasteiger partial charge on any atom is -0.303 e. The Morgan fingerprint density at radius 2 is 0.552 bits per heavy atom. The molecule has 0 aliphatic heterocycles. The van der Waals surface area contributed by atoms with Crippen LogP contribution in [0.2, 0.25) is 0 Å². The van der Waals surface area contributed by atoms with Gasteiger partial charge in [0.2, 0.25) is 0 Å². The predicted octanol–water partition coefficient (Wildman–Crippen LogP) is 9.93. The summed E-state index contributed by atoms with van der Waals surface area (Å²) in [7, 11) is 0. The van der Waals surface area contributed by atoms with E-state index >= 15 is 0 Å². The number of hydrogen-bond donors (Lipinski definition) is 0. The molecular weight excluding hydrogens is 350 g/mol. The van der Waals surface area contributed by atoms with Gasteiger partial charge in [0.05, 0.1) is 0 Å². The monoisotopic (exact) mass is 409 g/mol. The van der Waals surface area contributed by atoms with Gasteiger partial charge in [-0.25, -0.2) is 0 Å². The normalized spacial score (nSPS) is 11.6. The van der Waals surface area contributed by atoms with E-state index in [1.54, 1.807) is 0 Å². The largest absolute Gasteiger partial charge is 0.303 e. The molecule has 0 aliphatic carbocycles. The third-order valence-electron chi connectivity index (χ3n) is 6.45. The predicted molar refractivity (Wildman–Crippen MR) is 135 cm³/mol. The van der Waals surface area contributed by atoms with E-state index in [-0.39, 0.29) is 0 Å². The van der Waals surface area contributed by atoms with Crippen molar-refractivity contribution in [1.82, 2.24) is 4.90 Å². The fourth-order valence-corrected chi connectivity index (χ4v) is 4.47. The molecule has 0 saturated heterocycles.